The fraction of sp³-hybridized carbons (Fsp3) is 0.462. The first-order valence-electron chi connectivity index (χ1n) is 5.58. The molecule has 0 radical (unpaired) electrons. The van der Waals surface area contributed by atoms with E-state index in [-0.39, 0.29) is 5.56 Å². The zero-order chi connectivity index (χ0) is 11.6. The summed E-state index contributed by atoms with van der Waals surface area (Å²) in [6.45, 7) is -0.393. The minimum atomic E-state index is -0.950. The molecule has 2 rings (SSSR count). The van der Waals surface area contributed by atoms with Gasteiger partial charge in [0.05, 0.1) is 12.2 Å². The molecule has 1 N–H and O–H groups in total. The summed E-state index contributed by atoms with van der Waals surface area (Å²) < 4.78 is 13.2. The van der Waals surface area contributed by atoms with Crippen molar-refractivity contribution in [1.29, 1.82) is 0 Å². The quantitative estimate of drug-likeness (QED) is 0.852. The highest BCUT2D eigenvalue weighted by Gasteiger charge is 2.35. The predicted molar refractivity (Wildman–Crippen MR) is 59.5 cm³/mol. The number of carboxylic acid groups (broad SMARTS) is 1. The molecule has 1 aromatic carbocycles. The number of carbonyl (C=O) groups is 1. The lowest BCUT2D eigenvalue weighted by Crippen LogP contribution is -2.24. The Hall–Kier alpha value is -1.38. The maximum absolute atomic E-state index is 13.2. The van der Waals surface area contributed by atoms with E-state index in [0.29, 0.717) is 0 Å². The highest BCUT2D eigenvalue weighted by molar-refractivity contribution is 5.87. The van der Waals surface area contributed by atoms with Crippen LogP contribution in [0.5, 0.6) is 0 Å². The molecule has 0 heterocycles. The van der Waals surface area contributed by atoms with Gasteiger partial charge in [-0.1, -0.05) is 25.0 Å². The maximum atomic E-state index is 13.2. The molecule has 86 valence electrons. The first-order chi connectivity index (χ1) is 7.68. The van der Waals surface area contributed by atoms with Crippen molar-refractivity contribution >= 4 is 5.97 Å². The molecule has 0 unspecified atom stereocenters. The van der Waals surface area contributed by atoms with Crippen molar-refractivity contribution in [1.82, 2.24) is 0 Å². The lowest BCUT2D eigenvalue weighted by Gasteiger charge is -2.26. The van der Waals surface area contributed by atoms with Crippen molar-refractivity contribution < 1.29 is 14.3 Å². The van der Waals surface area contributed by atoms with Gasteiger partial charge in [-0.25, -0.2) is 4.79 Å². The van der Waals surface area contributed by atoms with Crippen LogP contribution in [0.1, 0.15) is 41.6 Å². The van der Waals surface area contributed by atoms with Crippen LogP contribution in [0.25, 0.3) is 0 Å². The molecule has 0 spiro atoms. The summed E-state index contributed by atoms with van der Waals surface area (Å²) >= 11 is 0. The lowest BCUT2D eigenvalue weighted by molar-refractivity contribution is 0.0696. The van der Waals surface area contributed by atoms with Crippen LogP contribution in [0.4, 0.5) is 4.39 Å². The van der Waals surface area contributed by atoms with E-state index in [2.05, 4.69) is 0 Å². The molecule has 1 saturated carbocycles. The third-order valence-corrected chi connectivity index (χ3v) is 3.54. The van der Waals surface area contributed by atoms with Crippen molar-refractivity contribution in [3.05, 3.63) is 35.4 Å². The summed E-state index contributed by atoms with van der Waals surface area (Å²) in [4.78, 5) is 10.9. The van der Waals surface area contributed by atoms with Crippen LogP contribution >= 0.6 is 0 Å². The highest BCUT2D eigenvalue weighted by atomic mass is 19.1. The zero-order valence-electron chi connectivity index (χ0n) is 9.08. The van der Waals surface area contributed by atoms with Gasteiger partial charge in [0.2, 0.25) is 0 Å². The molecule has 1 aromatic rings. The number of halogens is 1. The fourth-order valence-electron chi connectivity index (χ4n) is 2.53. The number of carboxylic acids is 1. The second-order valence-electron chi connectivity index (χ2n) is 4.51. The number of hydrogen-bond acceptors (Lipinski definition) is 1. The van der Waals surface area contributed by atoms with E-state index in [4.69, 9.17) is 5.11 Å². The molecular weight excluding hydrogens is 207 g/mol. The molecule has 1 aliphatic rings. The van der Waals surface area contributed by atoms with E-state index in [1.807, 2.05) is 6.07 Å². The largest absolute Gasteiger partial charge is 0.478 e. The van der Waals surface area contributed by atoms with Crippen LogP contribution in [-0.2, 0) is 5.41 Å². The lowest BCUT2D eigenvalue weighted by atomic mass is 9.79. The van der Waals surface area contributed by atoms with Gasteiger partial charge < -0.3 is 5.11 Å². The van der Waals surface area contributed by atoms with Crippen LogP contribution in [0.2, 0.25) is 0 Å². The van der Waals surface area contributed by atoms with Crippen molar-refractivity contribution in [3.8, 4) is 0 Å². The Morgan fingerprint density at radius 3 is 2.62 bits per heavy atom. The minimum absolute atomic E-state index is 0.247. The molecule has 0 amide bonds. The van der Waals surface area contributed by atoms with Crippen LogP contribution in [-0.4, -0.2) is 17.8 Å². The second kappa shape index (κ2) is 4.24. The topological polar surface area (TPSA) is 37.3 Å². The molecule has 2 nitrogen and oxygen atoms in total. The Morgan fingerprint density at radius 2 is 2.06 bits per heavy atom. The van der Waals surface area contributed by atoms with Gasteiger partial charge in [0, 0.05) is 5.41 Å². The summed E-state index contributed by atoms with van der Waals surface area (Å²) in [5.41, 5.74) is 0.662. The average Bonchev–Trinajstić information content (AvgIpc) is 2.79. The highest BCUT2D eigenvalue weighted by Crippen LogP contribution is 2.41. The maximum Gasteiger partial charge on any atom is 0.335 e. The van der Waals surface area contributed by atoms with E-state index in [1.54, 1.807) is 18.2 Å². The first kappa shape index (κ1) is 11.1. The monoisotopic (exact) mass is 222 g/mol. The smallest absolute Gasteiger partial charge is 0.335 e. The first-order valence-corrected chi connectivity index (χ1v) is 5.58. The predicted octanol–water partition coefficient (Wildman–Crippen LogP) is 3.17. The summed E-state index contributed by atoms with van der Waals surface area (Å²) in [6.07, 6.45) is 3.71. The summed E-state index contributed by atoms with van der Waals surface area (Å²) in [6, 6.07) is 6.71. The fourth-order valence-corrected chi connectivity index (χ4v) is 2.53. The molecule has 0 aliphatic heterocycles. The normalized spacial score (nSPS) is 18.6. The number of alkyl halides is 1. The van der Waals surface area contributed by atoms with E-state index in [1.165, 1.54) is 0 Å². The molecule has 0 saturated heterocycles. The van der Waals surface area contributed by atoms with Crippen molar-refractivity contribution in [3.63, 3.8) is 0 Å². The molecular formula is C13H15FO2. The Kier molecular flexibility index (Phi) is 2.95. The van der Waals surface area contributed by atoms with Crippen LogP contribution < -0.4 is 0 Å². The Labute approximate surface area is 94.1 Å². The van der Waals surface area contributed by atoms with E-state index in [0.717, 1.165) is 31.2 Å². The number of rotatable bonds is 3. The third kappa shape index (κ3) is 1.82. The van der Waals surface area contributed by atoms with Gasteiger partial charge in [0.15, 0.2) is 0 Å². The molecule has 0 bridgehead atoms. The van der Waals surface area contributed by atoms with Crippen molar-refractivity contribution in [2.75, 3.05) is 6.67 Å². The van der Waals surface area contributed by atoms with Crippen LogP contribution in [0.3, 0.4) is 0 Å². The number of hydrogen-bond donors (Lipinski definition) is 1. The van der Waals surface area contributed by atoms with Gasteiger partial charge in [-0.2, -0.15) is 0 Å². The van der Waals surface area contributed by atoms with Gasteiger partial charge in [0.1, 0.15) is 0 Å². The molecule has 3 heteroatoms. The molecule has 0 aromatic heterocycles. The third-order valence-electron chi connectivity index (χ3n) is 3.54. The zero-order valence-corrected chi connectivity index (χ0v) is 9.08. The van der Waals surface area contributed by atoms with Gasteiger partial charge in [-0.15, -0.1) is 0 Å². The molecule has 0 atom stereocenters. The molecule has 1 fully saturated rings. The van der Waals surface area contributed by atoms with Gasteiger partial charge in [0.25, 0.3) is 0 Å². The van der Waals surface area contributed by atoms with Crippen molar-refractivity contribution in [2.24, 2.45) is 0 Å². The molecule has 16 heavy (non-hydrogen) atoms. The summed E-state index contributed by atoms with van der Waals surface area (Å²) in [7, 11) is 0. The summed E-state index contributed by atoms with van der Waals surface area (Å²) in [5.74, 6) is -0.950. The average molecular weight is 222 g/mol. The van der Waals surface area contributed by atoms with Crippen LogP contribution in [0, 0.1) is 0 Å². The van der Waals surface area contributed by atoms with E-state index < -0.39 is 18.1 Å². The van der Waals surface area contributed by atoms with Gasteiger partial charge >= 0.3 is 5.97 Å². The number of benzene rings is 1. The minimum Gasteiger partial charge on any atom is -0.478 e. The number of aromatic carboxylic acids is 1. The second-order valence-corrected chi connectivity index (χ2v) is 4.51. The van der Waals surface area contributed by atoms with Gasteiger partial charge in [-0.3, -0.25) is 4.39 Å². The summed E-state index contributed by atoms with van der Waals surface area (Å²) in [5, 5.41) is 8.91. The SMILES string of the molecule is O=C(O)c1cccc(C2(CF)CCCC2)c1. The van der Waals surface area contributed by atoms with Crippen LogP contribution in [0.15, 0.2) is 24.3 Å². The van der Waals surface area contributed by atoms with Crippen molar-refractivity contribution in [2.45, 2.75) is 31.1 Å². The van der Waals surface area contributed by atoms with Gasteiger partial charge in [-0.05, 0) is 30.5 Å². The standard InChI is InChI=1S/C13H15FO2/c14-9-13(6-1-2-7-13)11-5-3-4-10(8-11)12(15)16/h3-5,8H,1-2,6-7,9H2,(H,15,16). The van der Waals surface area contributed by atoms with E-state index in [9.17, 15) is 9.18 Å². The Balaban J connectivity index is 2.38. The van der Waals surface area contributed by atoms with E-state index >= 15 is 0 Å². The Morgan fingerprint density at radius 1 is 1.38 bits per heavy atom. The Bertz CT molecular complexity index is 395. The molecule has 1 aliphatic carbocycles.